The fourth-order valence-corrected chi connectivity index (χ4v) is 1.37. The smallest absolute Gasteiger partial charge is 0.311 e. The number of nitrogens with zero attached hydrogens (tertiary/aromatic N) is 2. The highest BCUT2D eigenvalue weighted by Crippen LogP contribution is 2.27. The molecule has 0 bridgehead atoms. The largest absolute Gasteiger partial charge is 0.472 e. The van der Waals surface area contributed by atoms with E-state index in [0.717, 1.165) is 5.56 Å². The third-order valence-corrected chi connectivity index (χ3v) is 2.23. The first-order valence-corrected chi connectivity index (χ1v) is 5.55. The van der Waals surface area contributed by atoms with E-state index in [4.69, 9.17) is 10.00 Å². The number of nitro groups is 1. The summed E-state index contributed by atoms with van der Waals surface area (Å²) in [5.41, 5.74) is 0.688. The number of hydrogen-bond donors (Lipinski definition) is 1. The van der Waals surface area contributed by atoms with Crippen molar-refractivity contribution in [1.82, 2.24) is 5.32 Å². The van der Waals surface area contributed by atoms with Crippen LogP contribution in [0.2, 0.25) is 0 Å². The highest BCUT2D eigenvalue weighted by Gasteiger charge is 2.15. The maximum atomic E-state index is 10.9. The minimum Gasteiger partial charge on any atom is -0.472 e. The van der Waals surface area contributed by atoms with Crippen LogP contribution in [0.1, 0.15) is 19.4 Å². The van der Waals surface area contributed by atoms with Crippen molar-refractivity contribution in [3.05, 3.63) is 33.9 Å². The first kappa shape index (κ1) is 13.9. The summed E-state index contributed by atoms with van der Waals surface area (Å²) in [7, 11) is 0. The van der Waals surface area contributed by atoms with Gasteiger partial charge in [0, 0.05) is 18.7 Å². The van der Waals surface area contributed by atoms with Gasteiger partial charge in [-0.15, -0.1) is 0 Å². The number of nitriles is 1. The summed E-state index contributed by atoms with van der Waals surface area (Å²) in [5, 5.41) is 22.5. The average molecular weight is 249 g/mol. The zero-order valence-corrected chi connectivity index (χ0v) is 10.3. The summed E-state index contributed by atoms with van der Waals surface area (Å²) in [6.45, 7) is 4.35. The molecule has 6 heteroatoms. The van der Waals surface area contributed by atoms with Gasteiger partial charge in [0.05, 0.1) is 4.92 Å². The fraction of sp³-hybridized carbons (Fsp3) is 0.417. The summed E-state index contributed by atoms with van der Waals surface area (Å²) in [6, 6.07) is 6.81. The van der Waals surface area contributed by atoms with Crippen LogP contribution in [0.4, 0.5) is 5.69 Å². The van der Waals surface area contributed by atoms with Crippen LogP contribution >= 0.6 is 0 Å². The van der Waals surface area contributed by atoms with Crippen molar-refractivity contribution in [2.24, 2.45) is 0 Å². The minimum atomic E-state index is -0.508. The van der Waals surface area contributed by atoms with Gasteiger partial charge in [-0.3, -0.25) is 10.1 Å². The second kappa shape index (κ2) is 6.57. The van der Waals surface area contributed by atoms with Crippen LogP contribution in [-0.2, 0) is 6.54 Å². The van der Waals surface area contributed by atoms with Crippen LogP contribution in [0.15, 0.2) is 18.2 Å². The van der Waals surface area contributed by atoms with Gasteiger partial charge in [0.2, 0.25) is 0 Å². The Balaban J connectivity index is 2.89. The molecule has 0 atom stereocenters. The molecule has 96 valence electrons. The van der Waals surface area contributed by atoms with Gasteiger partial charge in [0.25, 0.3) is 0 Å². The van der Waals surface area contributed by atoms with Crippen LogP contribution in [0, 0.1) is 21.4 Å². The Bertz CT molecular complexity index is 466. The first-order chi connectivity index (χ1) is 8.54. The predicted octanol–water partition coefficient (Wildman–Crippen LogP) is 2.00. The highest BCUT2D eigenvalue weighted by molar-refractivity contribution is 5.48. The molecular weight excluding hydrogens is 234 g/mol. The predicted molar refractivity (Wildman–Crippen MR) is 66.2 cm³/mol. The maximum Gasteiger partial charge on any atom is 0.311 e. The molecule has 18 heavy (non-hydrogen) atoms. The van der Waals surface area contributed by atoms with Gasteiger partial charge >= 0.3 is 5.69 Å². The van der Waals surface area contributed by atoms with Crippen LogP contribution in [0.3, 0.4) is 0 Å². The van der Waals surface area contributed by atoms with E-state index in [9.17, 15) is 10.1 Å². The van der Waals surface area contributed by atoms with E-state index in [0.29, 0.717) is 12.6 Å². The van der Waals surface area contributed by atoms with Crippen molar-refractivity contribution >= 4 is 5.69 Å². The van der Waals surface area contributed by atoms with Crippen molar-refractivity contribution in [3.63, 3.8) is 0 Å². The Morgan fingerprint density at radius 2 is 2.28 bits per heavy atom. The average Bonchev–Trinajstić information content (AvgIpc) is 2.34. The van der Waals surface area contributed by atoms with Crippen molar-refractivity contribution in [3.8, 4) is 11.8 Å². The van der Waals surface area contributed by atoms with Crippen LogP contribution in [-0.4, -0.2) is 17.6 Å². The molecule has 0 heterocycles. The Morgan fingerprint density at radius 1 is 1.56 bits per heavy atom. The van der Waals surface area contributed by atoms with Crippen LogP contribution in [0.25, 0.3) is 0 Å². The molecule has 0 unspecified atom stereocenters. The molecule has 6 nitrogen and oxygen atoms in total. The van der Waals surface area contributed by atoms with E-state index in [2.05, 4.69) is 5.32 Å². The molecule has 0 aliphatic rings. The standard InChI is InChI=1S/C12H15N3O3/c1-9(2)14-8-10-3-4-12(18-6-5-13)11(7-10)15(16)17/h3-4,7,9,14H,6,8H2,1-2H3. The molecule has 0 amide bonds. The number of benzene rings is 1. The quantitative estimate of drug-likeness (QED) is 0.615. The van der Waals surface area contributed by atoms with Gasteiger partial charge < -0.3 is 10.1 Å². The van der Waals surface area contributed by atoms with Crippen LogP contribution < -0.4 is 10.1 Å². The van der Waals surface area contributed by atoms with Gasteiger partial charge in [-0.05, 0) is 11.6 Å². The van der Waals surface area contributed by atoms with E-state index >= 15 is 0 Å². The van der Waals surface area contributed by atoms with Crippen molar-refractivity contribution in [1.29, 1.82) is 5.26 Å². The van der Waals surface area contributed by atoms with E-state index in [1.54, 1.807) is 12.1 Å². The summed E-state index contributed by atoms with van der Waals surface area (Å²) >= 11 is 0. The van der Waals surface area contributed by atoms with E-state index < -0.39 is 4.92 Å². The number of ether oxygens (including phenoxy) is 1. The summed E-state index contributed by atoms with van der Waals surface area (Å²) in [4.78, 5) is 10.4. The summed E-state index contributed by atoms with van der Waals surface area (Å²) in [6.07, 6.45) is 0. The van der Waals surface area contributed by atoms with E-state index in [1.165, 1.54) is 12.1 Å². The highest BCUT2D eigenvalue weighted by atomic mass is 16.6. The number of nitrogens with one attached hydrogen (secondary N) is 1. The maximum absolute atomic E-state index is 10.9. The Morgan fingerprint density at radius 3 is 2.83 bits per heavy atom. The topological polar surface area (TPSA) is 88.2 Å². The molecule has 1 N–H and O–H groups in total. The molecule has 0 saturated carbocycles. The summed E-state index contributed by atoms with van der Waals surface area (Å²) in [5.74, 6) is 0.120. The van der Waals surface area contributed by atoms with Crippen molar-refractivity contribution < 1.29 is 9.66 Å². The fourth-order valence-electron chi connectivity index (χ4n) is 1.37. The molecule has 0 saturated heterocycles. The molecule has 0 fully saturated rings. The normalized spacial score (nSPS) is 10.1. The lowest BCUT2D eigenvalue weighted by atomic mass is 10.2. The van der Waals surface area contributed by atoms with Gasteiger partial charge in [-0.25, -0.2) is 0 Å². The molecule has 1 rings (SSSR count). The van der Waals surface area contributed by atoms with E-state index in [-0.39, 0.29) is 18.0 Å². The lowest BCUT2D eigenvalue weighted by Gasteiger charge is -2.09. The zero-order chi connectivity index (χ0) is 13.5. The van der Waals surface area contributed by atoms with Gasteiger partial charge in [0.15, 0.2) is 12.4 Å². The molecule has 0 aromatic heterocycles. The van der Waals surface area contributed by atoms with E-state index in [1.807, 2.05) is 13.8 Å². The minimum absolute atomic E-state index is 0.117. The number of rotatable bonds is 6. The molecule has 0 spiro atoms. The van der Waals surface area contributed by atoms with Gasteiger partial charge in [-0.1, -0.05) is 19.9 Å². The summed E-state index contributed by atoms with van der Waals surface area (Å²) < 4.78 is 5.01. The molecular formula is C12H15N3O3. The lowest BCUT2D eigenvalue weighted by Crippen LogP contribution is -2.21. The second-order valence-corrected chi connectivity index (χ2v) is 4.04. The van der Waals surface area contributed by atoms with Crippen LogP contribution in [0.5, 0.6) is 5.75 Å². The zero-order valence-electron chi connectivity index (χ0n) is 10.3. The SMILES string of the molecule is CC(C)NCc1ccc(OCC#N)c([N+](=O)[O-])c1. The van der Waals surface area contributed by atoms with Crippen molar-refractivity contribution in [2.45, 2.75) is 26.4 Å². The first-order valence-electron chi connectivity index (χ1n) is 5.55. The third kappa shape index (κ3) is 4.03. The Kier molecular flexibility index (Phi) is 5.08. The molecule has 1 aromatic rings. The Labute approximate surface area is 105 Å². The Hall–Kier alpha value is -2.13. The third-order valence-electron chi connectivity index (χ3n) is 2.23. The molecule has 0 aliphatic heterocycles. The van der Waals surface area contributed by atoms with Gasteiger partial charge in [0.1, 0.15) is 6.07 Å². The second-order valence-electron chi connectivity index (χ2n) is 4.04. The van der Waals surface area contributed by atoms with Crippen molar-refractivity contribution in [2.75, 3.05) is 6.61 Å². The number of nitro benzene ring substituents is 1. The lowest BCUT2D eigenvalue weighted by molar-refractivity contribution is -0.385. The molecule has 1 aromatic carbocycles. The number of hydrogen-bond acceptors (Lipinski definition) is 5. The monoisotopic (exact) mass is 249 g/mol. The molecule has 0 aliphatic carbocycles. The molecule has 0 radical (unpaired) electrons. The van der Waals surface area contributed by atoms with Gasteiger partial charge in [-0.2, -0.15) is 5.26 Å².